The molecule has 4 nitrogen and oxygen atoms in total. The molecule has 0 aromatic heterocycles. The quantitative estimate of drug-likeness (QED) is 0.409. The molecule has 1 amide bonds. The SMILES string of the molecule is CNC(=O)C(C=N)=C(N)C1CC1. The molecule has 12 heavy (non-hydrogen) atoms. The third-order valence-electron chi connectivity index (χ3n) is 1.94. The van der Waals surface area contributed by atoms with Gasteiger partial charge in [0.05, 0.1) is 5.57 Å². The van der Waals surface area contributed by atoms with Gasteiger partial charge in [-0.15, -0.1) is 0 Å². The molecule has 0 saturated heterocycles. The molecule has 0 radical (unpaired) electrons. The number of likely N-dealkylation sites (N-methyl/N-ethyl adjacent to an activating group) is 1. The zero-order valence-corrected chi connectivity index (χ0v) is 7.05. The van der Waals surface area contributed by atoms with Gasteiger partial charge in [-0.1, -0.05) is 0 Å². The average molecular weight is 167 g/mol. The summed E-state index contributed by atoms with van der Waals surface area (Å²) in [4.78, 5) is 11.1. The number of hydrogen-bond donors (Lipinski definition) is 3. The van der Waals surface area contributed by atoms with Crippen molar-refractivity contribution in [2.75, 3.05) is 7.05 Å². The number of carbonyl (C=O) groups is 1. The first-order valence-electron chi connectivity index (χ1n) is 3.93. The van der Waals surface area contributed by atoms with Crippen molar-refractivity contribution in [1.82, 2.24) is 5.32 Å². The summed E-state index contributed by atoms with van der Waals surface area (Å²) in [5.74, 6) is 0.0632. The highest BCUT2D eigenvalue weighted by molar-refractivity contribution is 6.11. The van der Waals surface area contributed by atoms with Crippen LogP contribution in [0.15, 0.2) is 11.3 Å². The van der Waals surface area contributed by atoms with Gasteiger partial charge in [-0.05, 0) is 18.8 Å². The number of rotatable bonds is 3. The van der Waals surface area contributed by atoms with Crippen molar-refractivity contribution < 1.29 is 4.79 Å². The van der Waals surface area contributed by atoms with Crippen LogP contribution in [0.2, 0.25) is 0 Å². The van der Waals surface area contributed by atoms with E-state index in [9.17, 15) is 4.79 Å². The van der Waals surface area contributed by atoms with Crippen molar-refractivity contribution in [3.05, 3.63) is 11.3 Å². The van der Waals surface area contributed by atoms with Crippen LogP contribution in [0.25, 0.3) is 0 Å². The van der Waals surface area contributed by atoms with Gasteiger partial charge in [-0.2, -0.15) is 0 Å². The maximum absolute atomic E-state index is 11.1. The first-order valence-corrected chi connectivity index (χ1v) is 3.93. The van der Waals surface area contributed by atoms with Crippen molar-refractivity contribution in [3.63, 3.8) is 0 Å². The van der Waals surface area contributed by atoms with Gasteiger partial charge in [0, 0.05) is 19.0 Å². The van der Waals surface area contributed by atoms with E-state index in [2.05, 4.69) is 5.32 Å². The Morgan fingerprint density at radius 2 is 2.25 bits per heavy atom. The lowest BCUT2D eigenvalue weighted by Crippen LogP contribution is -2.24. The van der Waals surface area contributed by atoms with Crippen LogP contribution in [0.1, 0.15) is 12.8 Å². The Morgan fingerprint density at radius 1 is 1.67 bits per heavy atom. The first-order chi connectivity index (χ1) is 5.70. The number of allylic oxidation sites excluding steroid dienone is 1. The lowest BCUT2D eigenvalue weighted by Gasteiger charge is -2.04. The molecular formula is C8H13N3O. The normalized spacial score (nSPS) is 18.1. The maximum Gasteiger partial charge on any atom is 0.254 e. The molecule has 4 N–H and O–H groups in total. The van der Waals surface area contributed by atoms with Gasteiger partial charge in [0.15, 0.2) is 0 Å². The predicted molar refractivity (Wildman–Crippen MR) is 46.8 cm³/mol. The molecule has 1 rings (SSSR count). The van der Waals surface area contributed by atoms with E-state index in [1.165, 1.54) is 7.05 Å². The Hall–Kier alpha value is -1.32. The highest BCUT2D eigenvalue weighted by atomic mass is 16.1. The minimum Gasteiger partial charge on any atom is -0.401 e. The van der Waals surface area contributed by atoms with E-state index in [4.69, 9.17) is 11.1 Å². The van der Waals surface area contributed by atoms with Gasteiger partial charge >= 0.3 is 0 Å². The number of hydrogen-bond acceptors (Lipinski definition) is 3. The average Bonchev–Trinajstić information content (AvgIpc) is 2.87. The summed E-state index contributed by atoms with van der Waals surface area (Å²) in [7, 11) is 1.53. The van der Waals surface area contributed by atoms with Crippen molar-refractivity contribution >= 4 is 12.1 Å². The Morgan fingerprint density at radius 3 is 2.58 bits per heavy atom. The van der Waals surface area contributed by atoms with Crippen molar-refractivity contribution in [3.8, 4) is 0 Å². The monoisotopic (exact) mass is 167 g/mol. The topological polar surface area (TPSA) is 79.0 Å². The second-order valence-corrected chi connectivity index (χ2v) is 2.87. The van der Waals surface area contributed by atoms with E-state index in [1.54, 1.807) is 0 Å². The predicted octanol–water partition coefficient (Wildman–Crippen LogP) is 0.00477. The van der Waals surface area contributed by atoms with Crippen LogP contribution < -0.4 is 11.1 Å². The molecule has 1 aliphatic rings. The maximum atomic E-state index is 11.1. The molecule has 4 heteroatoms. The Labute approximate surface area is 71.3 Å². The Kier molecular flexibility index (Phi) is 2.47. The number of carbonyl (C=O) groups excluding carboxylic acids is 1. The molecule has 66 valence electrons. The van der Waals surface area contributed by atoms with Gasteiger partial charge < -0.3 is 16.5 Å². The molecule has 0 heterocycles. The number of nitrogens with two attached hydrogens (primary N) is 1. The molecule has 0 bridgehead atoms. The van der Waals surface area contributed by atoms with E-state index in [0.717, 1.165) is 19.1 Å². The van der Waals surface area contributed by atoms with Gasteiger partial charge in [0.2, 0.25) is 0 Å². The van der Waals surface area contributed by atoms with Crippen LogP contribution in [0.3, 0.4) is 0 Å². The van der Waals surface area contributed by atoms with Crippen LogP contribution in [0.4, 0.5) is 0 Å². The van der Waals surface area contributed by atoms with E-state index in [-0.39, 0.29) is 5.91 Å². The zero-order valence-electron chi connectivity index (χ0n) is 7.05. The minimum absolute atomic E-state index is 0.269. The fraction of sp³-hybridized carbons (Fsp3) is 0.500. The van der Waals surface area contributed by atoms with E-state index >= 15 is 0 Å². The van der Waals surface area contributed by atoms with Crippen LogP contribution in [0, 0.1) is 11.3 Å². The van der Waals surface area contributed by atoms with Crippen LogP contribution in [0.5, 0.6) is 0 Å². The van der Waals surface area contributed by atoms with E-state index in [1.807, 2.05) is 0 Å². The third kappa shape index (κ3) is 1.64. The molecule has 0 unspecified atom stereocenters. The lowest BCUT2D eigenvalue weighted by atomic mass is 10.1. The number of nitrogens with one attached hydrogen (secondary N) is 2. The minimum atomic E-state index is -0.269. The Balaban J connectivity index is 2.83. The molecule has 0 aromatic rings. The summed E-state index contributed by atoms with van der Waals surface area (Å²) in [5.41, 5.74) is 6.54. The standard InChI is InChI=1S/C8H13N3O/c1-11-8(12)6(4-9)7(10)5-2-3-5/h4-5,9H,2-3,10H2,1H3,(H,11,12). The first kappa shape index (κ1) is 8.77. The molecule has 0 aromatic carbocycles. The summed E-state index contributed by atoms with van der Waals surface area (Å²) < 4.78 is 0. The van der Waals surface area contributed by atoms with Crippen LogP contribution >= 0.6 is 0 Å². The highest BCUT2D eigenvalue weighted by Gasteiger charge is 2.27. The van der Waals surface area contributed by atoms with Crippen molar-refractivity contribution in [2.45, 2.75) is 12.8 Å². The summed E-state index contributed by atoms with van der Waals surface area (Å²) in [5, 5.41) is 9.47. The van der Waals surface area contributed by atoms with Crippen molar-refractivity contribution in [1.29, 1.82) is 5.41 Å². The molecule has 0 aliphatic heterocycles. The Bertz CT molecular complexity index is 241. The largest absolute Gasteiger partial charge is 0.401 e. The van der Waals surface area contributed by atoms with Crippen LogP contribution in [-0.4, -0.2) is 19.2 Å². The van der Waals surface area contributed by atoms with Gasteiger partial charge in [-0.3, -0.25) is 4.79 Å². The van der Waals surface area contributed by atoms with Crippen molar-refractivity contribution in [2.24, 2.45) is 11.7 Å². The number of amides is 1. The molecule has 1 aliphatic carbocycles. The van der Waals surface area contributed by atoms with Crippen LogP contribution in [-0.2, 0) is 4.79 Å². The second kappa shape index (κ2) is 3.38. The van der Waals surface area contributed by atoms with Gasteiger partial charge in [-0.25, -0.2) is 0 Å². The fourth-order valence-corrected chi connectivity index (χ4v) is 1.03. The van der Waals surface area contributed by atoms with E-state index < -0.39 is 0 Å². The molecular weight excluding hydrogens is 154 g/mol. The van der Waals surface area contributed by atoms with Gasteiger partial charge in [0.25, 0.3) is 5.91 Å². The van der Waals surface area contributed by atoms with Gasteiger partial charge in [0.1, 0.15) is 0 Å². The molecule has 1 saturated carbocycles. The summed E-state index contributed by atoms with van der Waals surface area (Å²) >= 11 is 0. The lowest BCUT2D eigenvalue weighted by molar-refractivity contribution is -0.116. The van der Waals surface area contributed by atoms with E-state index in [0.29, 0.717) is 17.2 Å². The second-order valence-electron chi connectivity index (χ2n) is 2.87. The molecule has 0 atom stereocenters. The zero-order chi connectivity index (χ0) is 9.14. The molecule has 0 spiro atoms. The highest BCUT2D eigenvalue weighted by Crippen LogP contribution is 2.34. The smallest absolute Gasteiger partial charge is 0.254 e. The fourth-order valence-electron chi connectivity index (χ4n) is 1.03. The summed E-state index contributed by atoms with van der Waals surface area (Å²) in [6.07, 6.45) is 3.10. The summed E-state index contributed by atoms with van der Waals surface area (Å²) in [6.45, 7) is 0. The third-order valence-corrected chi connectivity index (χ3v) is 1.94. The summed E-state index contributed by atoms with van der Waals surface area (Å²) in [6, 6.07) is 0. The molecule has 1 fully saturated rings.